The molecule has 0 amide bonds. The molecule has 0 saturated carbocycles. The van der Waals surface area contributed by atoms with E-state index in [1.165, 1.54) is 6.07 Å². The van der Waals surface area contributed by atoms with Gasteiger partial charge in [0, 0.05) is 4.90 Å². The molecule has 0 unspecified atom stereocenters. The van der Waals surface area contributed by atoms with Crippen molar-refractivity contribution in [3.05, 3.63) is 16.1 Å². The zero-order chi connectivity index (χ0) is 9.30. The van der Waals surface area contributed by atoms with E-state index in [0.717, 1.165) is 10.8 Å². The van der Waals surface area contributed by atoms with Crippen LogP contribution in [-0.2, 0) is 0 Å². The lowest BCUT2D eigenvalue weighted by Crippen LogP contribution is -1.77. The normalized spacial score (nSPS) is 10.2. The van der Waals surface area contributed by atoms with Gasteiger partial charge in [-0.25, -0.2) is 0 Å². The summed E-state index contributed by atoms with van der Waals surface area (Å²) in [6, 6.07) is 1.43. The van der Waals surface area contributed by atoms with E-state index in [-0.39, 0.29) is 10.0 Å². The fourth-order valence-corrected chi connectivity index (χ4v) is 2.11. The third-order valence-electron chi connectivity index (χ3n) is 1.23. The number of phenols is 2. The molecule has 0 bridgehead atoms. The van der Waals surface area contributed by atoms with Gasteiger partial charge < -0.3 is 10.2 Å². The molecule has 66 valence electrons. The van der Waals surface area contributed by atoms with Crippen molar-refractivity contribution in [1.82, 2.24) is 0 Å². The van der Waals surface area contributed by atoms with Crippen molar-refractivity contribution < 1.29 is 10.2 Å². The van der Waals surface area contributed by atoms with E-state index in [4.69, 9.17) is 28.3 Å². The quantitative estimate of drug-likeness (QED) is 0.402. The van der Waals surface area contributed by atoms with E-state index in [0.29, 0.717) is 4.90 Å². The van der Waals surface area contributed by atoms with Gasteiger partial charge in [-0.3, -0.25) is 0 Å². The summed E-state index contributed by atoms with van der Waals surface area (Å²) in [5, 5.41) is 18.4. The first-order valence-electron chi connectivity index (χ1n) is 2.79. The molecule has 12 heavy (non-hydrogen) atoms. The molecular formula is C6H4Cl2O2S2. The number of halogens is 2. The second-order valence-corrected chi connectivity index (χ2v) is 3.91. The summed E-state index contributed by atoms with van der Waals surface area (Å²) in [7, 11) is 1.04. The minimum atomic E-state index is -0.416. The van der Waals surface area contributed by atoms with Crippen LogP contribution < -0.4 is 0 Å². The van der Waals surface area contributed by atoms with Gasteiger partial charge in [-0.05, 0) is 6.07 Å². The third-order valence-corrected chi connectivity index (χ3v) is 3.12. The lowest BCUT2D eigenvalue weighted by Gasteiger charge is -2.05. The minimum Gasteiger partial charge on any atom is -0.503 e. The van der Waals surface area contributed by atoms with Crippen LogP contribution in [0.3, 0.4) is 0 Å². The largest absolute Gasteiger partial charge is 0.503 e. The van der Waals surface area contributed by atoms with Crippen LogP contribution >= 0.6 is 45.7 Å². The van der Waals surface area contributed by atoms with Gasteiger partial charge >= 0.3 is 0 Å². The Kier molecular flexibility index (Phi) is 3.29. The average molecular weight is 243 g/mol. The summed E-state index contributed by atoms with van der Waals surface area (Å²) in [6.07, 6.45) is 0. The molecule has 2 nitrogen and oxygen atoms in total. The topological polar surface area (TPSA) is 40.5 Å². The Morgan fingerprint density at radius 1 is 1.25 bits per heavy atom. The van der Waals surface area contributed by atoms with Crippen LogP contribution in [0, 0.1) is 0 Å². The molecule has 0 heterocycles. The van der Waals surface area contributed by atoms with Crippen molar-refractivity contribution in [2.24, 2.45) is 0 Å². The summed E-state index contributed by atoms with van der Waals surface area (Å²) in [6.45, 7) is 0. The first-order valence-corrected chi connectivity index (χ1v) is 5.41. The van der Waals surface area contributed by atoms with Gasteiger partial charge in [0.1, 0.15) is 5.02 Å². The Morgan fingerprint density at radius 3 is 2.33 bits per heavy atom. The number of hydrogen-bond acceptors (Lipinski definition) is 4. The highest BCUT2D eigenvalue weighted by molar-refractivity contribution is 8.68. The van der Waals surface area contributed by atoms with Gasteiger partial charge in [0.25, 0.3) is 0 Å². The molecule has 1 rings (SSSR count). The number of rotatable bonds is 1. The molecule has 1 aromatic rings. The van der Waals surface area contributed by atoms with E-state index in [9.17, 15) is 5.11 Å². The Hall–Kier alpha value is 0.1000. The predicted octanol–water partition coefficient (Wildman–Crippen LogP) is 3.34. The van der Waals surface area contributed by atoms with Crippen LogP contribution in [0.5, 0.6) is 11.5 Å². The van der Waals surface area contributed by atoms with Gasteiger partial charge in [-0.1, -0.05) is 34.0 Å². The van der Waals surface area contributed by atoms with Crippen LogP contribution in [0.15, 0.2) is 11.0 Å². The van der Waals surface area contributed by atoms with Crippen molar-refractivity contribution in [2.45, 2.75) is 4.90 Å². The fourth-order valence-electron chi connectivity index (χ4n) is 0.647. The third kappa shape index (κ3) is 1.71. The van der Waals surface area contributed by atoms with Gasteiger partial charge in [0.2, 0.25) is 0 Å². The maximum Gasteiger partial charge on any atom is 0.179 e. The lowest BCUT2D eigenvalue weighted by molar-refractivity contribution is 0.403. The fraction of sp³-hybridized carbons (Fsp3) is 0. The van der Waals surface area contributed by atoms with Crippen LogP contribution in [-0.4, -0.2) is 10.2 Å². The van der Waals surface area contributed by atoms with Crippen LogP contribution in [0.25, 0.3) is 0 Å². The van der Waals surface area contributed by atoms with Crippen molar-refractivity contribution >= 4 is 45.7 Å². The summed E-state index contributed by atoms with van der Waals surface area (Å²) >= 11 is 15.1. The summed E-state index contributed by atoms with van der Waals surface area (Å²) in [4.78, 5) is 0.500. The van der Waals surface area contributed by atoms with Gasteiger partial charge in [-0.15, -0.1) is 11.7 Å². The summed E-state index contributed by atoms with van der Waals surface area (Å²) in [5.74, 6) is -0.825. The van der Waals surface area contributed by atoms with E-state index >= 15 is 0 Å². The summed E-state index contributed by atoms with van der Waals surface area (Å²) < 4.78 is 0. The first kappa shape index (κ1) is 10.2. The zero-order valence-corrected chi connectivity index (χ0v) is 8.81. The molecule has 0 aliphatic heterocycles. The van der Waals surface area contributed by atoms with Crippen LogP contribution in [0.2, 0.25) is 10.0 Å². The number of aromatic hydroxyl groups is 2. The second kappa shape index (κ2) is 3.87. The highest BCUT2D eigenvalue weighted by atomic mass is 35.5. The molecule has 1 aromatic carbocycles. The van der Waals surface area contributed by atoms with E-state index < -0.39 is 11.5 Å². The zero-order valence-electron chi connectivity index (χ0n) is 5.58. The van der Waals surface area contributed by atoms with Crippen LogP contribution in [0.4, 0.5) is 0 Å². The molecule has 0 fully saturated rings. The Bertz CT molecular complexity index is 317. The van der Waals surface area contributed by atoms with E-state index in [2.05, 4.69) is 11.7 Å². The molecule has 2 N–H and O–H groups in total. The van der Waals surface area contributed by atoms with Crippen molar-refractivity contribution in [1.29, 1.82) is 0 Å². The molecular weight excluding hydrogens is 239 g/mol. The van der Waals surface area contributed by atoms with Crippen molar-refractivity contribution in [3.63, 3.8) is 0 Å². The second-order valence-electron chi connectivity index (χ2n) is 1.96. The van der Waals surface area contributed by atoms with Crippen molar-refractivity contribution in [3.8, 4) is 11.5 Å². The standard InChI is InChI=1S/C6H4Cl2O2S2/c7-2-1-3(12-11)4(8)6(10)5(2)9/h1,9-11H. The van der Waals surface area contributed by atoms with Crippen molar-refractivity contribution in [2.75, 3.05) is 0 Å². The van der Waals surface area contributed by atoms with E-state index in [1.54, 1.807) is 0 Å². The predicted molar refractivity (Wildman–Crippen MR) is 54.6 cm³/mol. The molecule has 0 aromatic heterocycles. The number of hydrogen-bond donors (Lipinski definition) is 3. The monoisotopic (exact) mass is 242 g/mol. The summed E-state index contributed by atoms with van der Waals surface area (Å²) in [5.41, 5.74) is 0. The maximum atomic E-state index is 9.19. The molecule has 0 radical (unpaired) electrons. The lowest BCUT2D eigenvalue weighted by atomic mass is 10.3. The SMILES string of the molecule is Oc1c(Cl)cc(SS)c(Cl)c1O. The molecule has 0 aliphatic carbocycles. The molecule has 0 atom stereocenters. The smallest absolute Gasteiger partial charge is 0.179 e. The number of benzene rings is 1. The Balaban J connectivity index is 3.39. The number of thiol groups is 1. The number of phenolic OH excluding ortho intramolecular Hbond substituents is 2. The van der Waals surface area contributed by atoms with Gasteiger partial charge in [-0.2, -0.15) is 0 Å². The maximum absolute atomic E-state index is 9.19. The minimum absolute atomic E-state index is 0.0495. The highest BCUT2D eigenvalue weighted by Gasteiger charge is 2.13. The molecule has 0 saturated heterocycles. The van der Waals surface area contributed by atoms with E-state index in [1.807, 2.05) is 0 Å². The van der Waals surface area contributed by atoms with Crippen LogP contribution in [0.1, 0.15) is 0 Å². The molecule has 6 heteroatoms. The van der Waals surface area contributed by atoms with Gasteiger partial charge in [0.05, 0.1) is 5.02 Å². The Morgan fingerprint density at radius 2 is 1.83 bits per heavy atom. The van der Waals surface area contributed by atoms with Gasteiger partial charge in [0.15, 0.2) is 11.5 Å². The average Bonchev–Trinajstić information content (AvgIpc) is 2.08. The highest BCUT2D eigenvalue weighted by Crippen LogP contribution is 2.45. The Labute approximate surface area is 88.3 Å². The first-order chi connectivity index (χ1) is 5.57. The molecule has 0 aliphatic rings. The molecule has 0 spiro atoms.